The van der Waals surface area contributed by atoms with Crippen molar-refractivity contribution in [2.24, 2.45) is 0 Å². The molecule has 2 atom stereocenters. The van der Waals surface area contributed by atoms with Gasteiger partial charge in [0.2, 0.25) is 0 Å². The number of nitrogens with one attached hydrogen (secondary N) is 1. The van der Waals surface area contributed by atoms with Crippen LogP contribution in [-0.4, -0.2) is 22.7 Å². The van der Waals surface area contributed by atoms with E-state index in [-0.39, 0.29) is 24.6 Å². The molecule has 0 saturated carbocycles. The summed E-state index contributed by atoms with van der Waals surface area (Å²) in [5.41, 5.74) is -0.108. The summed E-state index contributed by atoms with van der Waals surface area (Å²) < 4.78 is 40.2. The van der Waals surface area contributed by atoms with E-state index in [9.17, 15) is 18.0 Å². The van der Waals surface area contributed by atoms with Gasteiger partial charge in [0.25, 0.3) is 5.56 Å². The predicted octanol–water partition coefficient (Wildman–Crippen LogP) is 2.92. The zero-order valence-corrected chi connectivity index (χ0v) is 11.3. The molecule has 1 aliphatic rings. The fourth-order valence-corrected chi connectivity index (χ4v) is 3.67. The average molecular weight is 302 g/mol. The molecule has 2 aromatic rings. The summed E-state index contributed by atoms with van der Waals surface area (Å²) in [7, 11) is 0. The van der Waals surface area contributed by atoms with Crippen molar-refractivity contribution in [3.63, 3.8) is 0 Å². The molecule has 2 heterocycles. The fraction of sp³-hybridized carbons (Fsp3) is 0.462. The van der Waals surface area contributed by atoms with E-state index in [2.05, 4.69) is 5.32 Å². The van der Waals surface area contributed by atoms with Crippen molar-refractivity contribution in [2.45, 2.75) is 31.1 Å². The first-order valence-corrected chi connectivity index (χ1v) is 7.15. The normalized spacial score (nSPS) is 24.1. The van der Waals surface area contributed by atoms with Crippen LogP contribution in [0.15, 0.2) is 29.1 Å². The van der Waals surface area contributed by atoms with Crippen molar-refractivity contribution < 1.29 is 13.2 Å². The van der Waals surface area contributed by atoms with Gasteiger partial charge in [0, 0.05) is 6.54 Å². The summed E-state index contributed by atoms with van der Waals surface area (Å²) in [6.07, 6.45) is -3.84. The molecule has 1 aromatic carbocycles. The molecular formula is C13H13F3N2OS. The number of hydrogen-bond acceptors (Lipinski definition) is 3. The number of fused-ring (bicyclic) bond motifs is 1. The van der Waals surface area contributed by atoms with Gasteiger partial charge in [-0.25, -0.2) is 0 Å². The average Bonchev–Trinajstić information content (AvgIpc) is 2.76. The Bertz CT molecular complexity index is 668. The Kier molecular flexibility index (Phi) is 3.33. The van der Waals surface area contributed by atoms with E-state index in [4.69, 9.17) is 0 Å². The Morgan fingerprint density at radius 1 is 1.25 bits per heavy atom. The standard InChI is InChI=1S/C13H13F3N2OS/c14-13(15,16)11-6-5-8(7-17-11)18-12(19)9-3-1-2-4-10(9)20-18/h1-4,8,11,17H,5-7H2. The zero-order valence-electron chi connectivity index (χ0n) is 10.5. The number of halogens is 3. The fourth-order valence-electron chi connectivity index (χ4n) is 2.55. The highest BCUT2D eigenvalue weighted by atomic mass is 32.1. The van der Waals surface area contributed by atoms with Crippen LogP contribution in [0.3, 0.4) is 0 Å². The van der Waals surface area contributed by atoms with E-state index in [1.807, 2.05) is 12.1 Å². The van der Waals surface area contributed by atoms with Crippen LogP contribution in [0.4, 0.5) is 13.2 Å². The molecule has 1 aliphatic heterocycles. The molecule has 108 valence electrons. The molecular weight excluding hydrogens is 289 g/mol. The molecule has 3 rings (SSSR count). The van der Waals surface area contributed by atoms with Gasteiger partial charge in [-0.2, -0.15) is 13.2 Å². The molecule has 1 saturated heterocycles. The number of rotatable bonds is 1. The third-order valence-electron chi connectivity index (χ3n) is 3.63. The number of nitrogens with zero attached hydrogens (tertiary/aromatic N) is 1. The van der Waals surface area contributed by atoms with Crippen molar-refractivity contribution in [1.29, 1.82) is 0 Å². The van der Waals surface area contributed by atoms with Gasteiger partial charge in [0.15, 0.2) is 0 Å². The third kappa shape index (κ3) is 2.35. The molecule has 1 fully saturated rings. The van der Waals surface area contributed by atoms with Gasteiger partial charge >= 0.3 is 6.18 Å². The molecule has 3 nitrogen and oxygen atoms in total. The van der Waals surface area contributed by atoms with Crippen LogP contribution in [0.5, 0.6) is 0 Å². The predicted molar refractivity (Wildman–Crippen MR) is 72.2 cm³/mol. The lowest BCUT2D eigenvalue weighted by atomic mass is 10.0. The van der Waals surface area contributed by atoms with Gasteiger partial charge < -0.3 is 5.32 Å². The van der Waals surface area contributed by atoms with Crippen LogP contribution in [0, 0.1) is 0 Å². The van der Waals surface area contributed by atoms with Crippen molar-refractivity contribution in [2.75, 3.05) is 6.54 Å². The summed E-state index contributed by atoms with van der Waals surface area (Å²) >= 11 is 1.32. The molecule has 1 aromatic heterocycles. The lowest BCUT2D eigenvalue weighted by Crippen LogP contribution is -2.48. The number of aromatic nitrogens is 1. The largest absolute Gasteiger partial charge is 0.403 e. The lowest BCUT2D eigenvalue weighted by Gasteiger charge is -2.31. The molecule has 1 N–H and O–H groups in total. The molecule has 7 heteroatoms. The Morgan fingerprint density at radius 2 is 2.00 bits per heavy atom. The summed E-state index contributed by atoms with van der Waals surface area (Å²) in [4.78, 5) is 12.2. The minimum atomic E-state index is -4.21. The Labute approximate surface area is 117 Å². The molecule has 0 spiro atoms. The maximum Gasteiger partial charge on any atom is 0.403 e. The smallest absolute Gasteiger partial charge is 0.304 e. The van der Waals surface area contributed by atoms with Gasteiger partial charge in [-0.05, 0) is 25.0 Å². The Hall–Kier alpha value is -1.34. The topological polar surface area (TPSA) is 34.0 Å². The van der Waals surface area contributed by atoms with E-state index in [1.54, 1.807) is 16.1 Å². The molecule has 0 amide bonds. The number of hydrogen-bond donors (Lipinski definition) is 1. The van der Waals surface area contributed by atoms with E-state index in [1.165, 1.54) is 11.5 Å². The monoisotopic (exact) mass is 302 g/mol. The van der Waals surface area contributed by atoms with Crippen LogP contribution in [0.1, 0.15) is 18.9 Å². The van der Waals surface area contributed by atoms with Crippen molar-refractivity contribution in [3.8, 4) is 0 Å². The van der Waals surface area contributed by atoms with Crippen LogP contribution < -0.4 is 10.9 Å². The summed E-state index contributed by atoms with van der Waals surface area (Å²) in [6, 6.07) is 5.59. The highest BCUT2D eigenvalue weighted by Crippen LogP contribution is 2.30. The first-order chi connectivity index (χ1) is 9.47. The minimum Gasteiger partial charge on any atom is -0.304 e. The number of alkyl halides is 3. The Morgan fingerprint density at radius 3 is 2.60 bits per heavy atom. The van der Waals surface area contributed by atoms with Gasteiger partial charge in [-0.3, -0.25) is 8.75 Å². The van der Waals surface area contributed by atoms with E-state index in [0.29, 0.717) is 11.8 Å². The molecule has 2 unspecified atom stereocenters. The lowest BCUT2D eigenvalue weighted by molar-refractivity contribution is -0.161. The van der Waals surface area contributed by atoms with Crippen LogP contribution in [0.25, 0.3) is 10.1 Å². The van der Waals surface area contributed by atoms with E-state index in [0.717, 1.165) is 4.70 Å². The van der Waals surface area contributed by atoms with Crippen LogP contribution >= 0.6 is 11.5 Å². The molecule has 20 heavy (non-hydrogen) atoms. The maximum absolute atomic E-state index is 12.6. The number of piperidine rings is 1. The van der Waals surface area contributed by atoms with Crippen LogP contribution in [-0.2, 0) is 0 Å². The summed E-state index contributed by atoms with van der Waals surface area (Å²) in [5.74, 6) is 0. The van der Waals surface area contributed by atoms with Crippen molar-refractivity contribution in [3.05, 3.63) is 34.6 Å². The SMILES string of the molecule is O=c1c2ccccc2sn1C1CCC(C(F)(F)F)NC1. The van der Waals surface area contributed by atoms with Gasteiger partial charge in [0.05, 0.1) is 16.1 Å². The highest BCUT2D eigenvalue weighted by Gasteiger charge is 2.41. The first kappa shape index (κ1) is 13.6. The second-order valence-corrected chi connectivity index (χ2v) is 5.97. The van der Waals surface area contributed by atoms with E-state index < -0.39 is 12.2 Å². The highest BCUT2D eigenvalue weighted by molar-refractivity contribution is 7.13. The van der Waals surface area contributed by atoms with Crippen LogP contribution in [0.2, 0.25) is 0 Å². The minimum absolute atomic E-state index is 0.00878. The van der Waals surface area contributed by atoms with Crippen molar-refractivity contribution >= 4 is 21.6 Å². The van der Waals surface area contributed by atoms with E-state index >= 15 is 0 Å². The van der Waals surface area contributed by atoms with Gasteiger partial charge in [0.1, 0.15) is 6.04 Å². The summed E-state index contributed by atoms with van der Waals surface area (Å²) in [6.45, 7) is 0.177. The van der Waals surface area contributed by atoms with Gasteiger partial charge in [-0.1, -0.05) is 23.7 Å². The third-order valence-corrected chi connectivity index (χ3v) is 4.84. The molecule has 0 bridgehead atoms. The molecule has 0 radical (unpaired) electrons. The molecule has 0 aliphatic carbocycles. The van der Waals surface area contributed by atoms with Crippen molar-refractivity contribution in [1.82, 2.24) is 9.27 Å². The zero-order chi connectivity index (χ0) is 14.3. The first-order valence-electron chi connectivity index (χ1n) is 6.37. The Balaban J connectivity index is 1.84. The quantitative estimate of drug-likeness (QED) is 0.879. The summed E-state index contributed by atoms with van der Waals surface area (Å²) in [5, 5.41) is 3.14. The number of benzene rings is 1. The second-order valence-electron chi connectivity index (χ2n) is 4.95. The second kappa shape index (κ2) is 4.89. The van der Waals surface area contributed by atoms with Gasteiger partial charge in [-0.15, -0.1) is 0 Å². The maximum atomic E-state index is 12.6.